The maximum atomic E-state index is 11.7. The van der Waals surface area contributed by atoms with E-state index in [1.165, 1.54) is 6.07 Å². The smallest absolute Gasteiger partial charge is 0.253 e. The molecule has 0 unspecified atom stereocenters. The van der Waals surface area contributed by atoms with Crippen LogP contribution in [0, 0.1) is 0 Å². The van der Waals surface area contributed by atoms with Gasteiger partial charge in [0.15, 0.2) is 0 Å². The molecule has 0 aliphatic heterocycles. The summed E-state index contributed by atoms with van der Waals surface area (Å²) in [7, 11) is 0. The first-order valence-electron chi connectivity index (χ1n) is 5.09. The maximum Gasteiger partial charge on any atom is 0.253 e. The minimum atomic E-state index is -0.238. The minimum Gasteiger partial charge on any atom is -0.398 e. The third kappa shape index (κ3) is 3.72. The summed E-state index contributed by atoms with van der Waals surface area (Å²) in [5.74, 6) is -0.238. The van der Waals surface area contributed by atoms with Crippen molar-refractivity contribution >= 4 is 23.2 Å². The second-order valence-corrected chi connectivity index (χ2v) is 3.85. The lowest BCUT2D eigenvalue weighted by atomic mass is 10.1. The SMILES string of the molecule is Nc1ccc(Cl)cc1C(=O)NCCCCO. The van der Waals surface area contributed by atoms with Crippen molar-refractivity contribution in [3.05, 3.63) is 28.8 Å². The van der Waals surface area contributed by atoms with Crippen LogP contribution in [0.2, 0.25) is 5.02 Å². The molecule has 0 saturated carbocycles. The average Bonchev–Trinajstić information content (AvgIpc) is 2.27. The summed E-state index contributed by atoms with van der Waals surface area (Å²) in [4.78, 5) is 11.7. The first kappa shape index (κ1) is 12.8. The van der Waals surface area contributed by atoms with E-state index in [1.54, 1.807) is 12.1 Å². The minimum absolute atomic E-state index is 0.134. The summed E-state index contributed by atoms with van der Waals surface area (Å²) in [6.07, 6.45) is 1.41. The molecule has 5 heteroatoms. The number of nitrogen functional groups attached to an aromatic ring is 1. The average molecular weight is 243 g/mol. The van der Waals surface area contributed by atoms with E-state index in [0.717, 1.165) is 6.42 Å². The number of hydrogen-bond acceptors (Lipinski definition) is 3. The topological polar surface area (TPSA) is 75.4 Å². The van der Waals surface area contributed by atoms with Gasteiger partial charge in [-0.2, -0.15) is 0 Å². The third-order valence-electron chi connectivity index (χ3n) is 2.13. The highest BCUT2D eigenvalue weighted by Crippen LogP contribution is 2.17. The zero-order valence-electron chi connectivity index (χ0n) is 8.87. The predicted octanol–water partition coefficient (Wildman–Crippen LogP) is 1.42. The molecule has 0 aliphatic rings. The van der Waals surface area contributed by atoms with Gasteiger partial charge in [0.25, 0.3) is 5.91 Å². The van der Waals surface area contributed by atoms with Crippen molar-refractivity contribution < 1.29 is 9.90 Å². The van der Waals surface area contributed by atoms with E-state index in [4.69, 9.17) is 22.4 Å². The zero-order chi connectivity index (χ0) is 12.0. The van der Waals surface area contributed by atoms with Crippen LogP contribution < -0.4 is 11.1 Å². The van der Waals surface area contributed by atoms with Gasteiger partial charge < -0.3 is 16.2 Å². The first-order valence-corrected chi connectivity index (χ1v) is 5.47. The van der Waals surface area contributed by atoms with E-state index >= 15 is 0 Å². The number of benzene rings is 1. The number of aliphatic hydroxyl groups is 1. The number of nitrogens with one attached hydrogen (secondary N) is 1. The van der Waals surface area contributed by atoms with Gasteiger partial charge in [0.05, 0.1) is 5.56 Å². The van der Waals surface area contributed by atoms with E-state index < -0.39 is 0 Å². The number of rotatable bonds is 5. The van der Waals surface area contributed by atoms with Gasteiger partial charge in [-0.3, -0.25) is 4.79 Å². The molecule has 1 rings (SSSR count). The number of amides is 1. The van der Waals surface area contributed by atoms with Crippen LogP contribution in [0.15, 0.2) is 18.2 Å². The molecule has 1 aromatic carbocycles. The van der Waals surface area contributed by atoms with Crippen LogP contribution in [-0.2, 0) is 0 Å². The largest absolute Gasteiger partial charge is 0.398 e. The Morgan fingerprint density at radius 2 is 2.19 bits per heavy atom. The van der Waals surface area contributed by atoms with Crippen molar-refractivity contribution in [2.75, 3.05) is 18.9 Å². The highest BCUT2D eigenvalue weighted by Gasteiger charge is 2.09. The molecule has 0 saturated heterocycles. The number of aliphatic hydroxyl groups excluding tert-OH is 1. The lowest BCUT2D eigenvalue weighted by Crippen LogP contribution is -2.25. The van der Waals surface area contributed by atoms with Gasteiger partial charge in [0, 0.05) is 23.9 Å². The van der Waals surface area contributed by atoms with Crippen molar-refractivity contribution in [3.8, 4) is 0 Å². The van der Waals surface area contributed by atoms with Crippen LogP contribution in [-0.4, -0.2) is 24.2 Å². The number of carbonyl (C=O) groups is 1. The molecule has 0 radical (unpaired) electrons. The summed E-state index contributed by atoms with van der Waals surface area (Å²) in [5.41, 5.74) is 6.45. The molecule has 0 heterocycles. The molecule has 1 aromatic rings. The second kappa shape index (κ2) is 6.35. The lowest BCUT2D eigenvalue weighted by Gasteiger charge is -2.07. The number of hydrogen-bond donors (Lipinski definition) is 3. The molecule has 4 nitrogen and oxygen atoms in total. The molecule has 0 bridgehead atoms. The molecule has 16 heavy (non-hydrogen) atoms. The van der Waals surface area contributed by atoms with Crippen LogP contribution in [0.25, 0.3) is 0 Å². The fourth-order valence-corrected chi connectivity index (χ4v) is 1.43. The lowest BCUT2D eigenvalue weighted by molar-refractivity contribution is 0.0953. The van der Waals surface area contributed by atoms with Crippen LogP contribution >= 0.6 is 11.6 Å². The van der Waals surface area contributed by atoms with Crippen molar-refractivity contribution in [3.63, 3.8) is 0 Å². The van der Waals surface area contributed by atoms with Crippen LogP contribution in [0.4, 0.5) is 5.69 Å². The number of anilines is 1. The van der Waals surface area contributed by atoms with E-state index in [9.17, 15) is 4.79 Å². The van der Waals surface area contributed by atoms with Crippen molar-refractivity contribution in [1.82, 2.24) is 5.32 Å². The molecule has 4 N–H and O–H groups in total. The summed E-state index contributed by atoms with van der Waals surface area (Å²) in [5, 5.41) is 11.8. The van der Waals surface area contributed by atoms with Gasteiger partial charge >= 0.3 is 0 Å². The number of halogens is 1. The Kier molecular flexibility index (Phi) is 5.08. The summed E-state index contributed by atoms with van der Waals surface area (Å²) < 4.78 is 0. The number of carbonyl (C=O) groups excluding carboxylic acids is 1. The summed E-state index contributed by atoms with van der Waals surface area (Å²) >= 11 is 5.78. The molecule has 0 aromatic heterocycles. The highest BCUT2D eigenvalue weighted by molar-refractivity contribution is 6.31. The summed E-state index contributed by atoms with van der Waals surface area (Å²) in [6, 6.07) is 4.78. The van der Waals surface area contributed by atoms with Crippen LogP contribution in [0.3, 0.4) is 0 Å². The Morgan fingerprint density at radius 1 is 1.44 bits per heavy atom. The zero-order valence-corrected chi connectivity index (χ0v) is 9.63. The molecule has 88 valence electrons. The standard InChI is InChI=1S/C11H15ClN2O2/c12-8-3-4-10(13)9(7-8)11(16)14-5-1-2-6-15/h3-4,7,15H,1-2,5-6,13H2,(H,14,16). The maximum absolute atomic E-state index is 11.7. The number of unbranched alkanes of at least 4 members (excludes halogenated alkanes) is 1. The fourth-order valence-electron chi connectivity index (χ4n) is 1.26. The van der Waals surface area contributed by atoms with Gasteiger partial charge in [-0.05, 0) is 31.0 Å². The number of nitrogens with two attached hydrogens (primary N) is 1. The van der Waals surface area contributed by atoms with E-state index in [1.807, 2.05) is 0 Å². The Bertz CT molecular complexity index is 369. The van der Waals surface area contributed by atoms with Crippen molar-refractivity contribution in [2.45, 2.75) is 12.8 Å². The van der Waals surface area contributed by atoms with Gasteiger partial charge in [-0.15, -0.1) is 0 Å². The molecule has 0 atom stereocenters. The summed E-state index contributed by atoms with van der Waals surface area (Å²) in [6.45, 7) is 0.653. The first-order chi connectivity index (χ1) is 7.65. The van der Waals surface area contributed by atoms with Gasteiger partial charge in [-0.25, -0.2) is 0 Å². The van der Waals surface area contributed by atoms with Crippen molar-refractivity contribution in [1.29, 1.82) is 0 Å². The van der Waals surface area contributed by atoms with Crippen LogP contribution in [0.5, 0.6) is 0 Å². The van der Waals surface area contributed by atoms with Gasteiger partial charge in [-0.1, -0.05) is 11.6 Å². The molecular weight excluding hydrogens is 228 g/mol. The second-order valence-electron chi connectivity index (χ2n) is 3.42. The van der Waals surface area contributed by atoms with Crippen LogP contribution in [0.1, 0.15) is 23.2 Å². The van der Waals surface area contributed by atoms with E-state index in [0.29, 0.717) is 29.2 Å². The fraction of sp³-hybridized carbons (Fsp3) is 0.364. The highest BCUT2D eigenvalue weighted by atomic mass is 35.5. The Labute approximate surface area is 99.4 Å². The van der Waals surface area contributed by atoms with E-state index in [-0.39, 0.29) is 12.5 Å². The van der Waals surface area contributed by atoms with E-state index in [2.05, 4.69) is 5.32 Å². The third-order valence-corrected chi connectivity index (χ3v) is 2.37. The molecule has 1 amide bonds. The molecule has 0 fully saturated rings. The predicted molar refractivity (Wildman–Crippen MR) is 64.5 cm³/mol. The molecule has 0 aliphatic carbocycles. The van der Waals surface area contributed by atoms with Crippen molar-refractivity contribution in [2.24, 2.45) is 0 Å². The Balaban J connectivity index is 2.55. The Hall–Kier alpha value is -1.26. The molecule has 0 spiro atoms. The monoisotopic (exact) mass is 242 g/mol. The molecular formula is C11H15ClN2O2. The normalized spacial score (nSPS) is 10.1. The quantitative estimate of drug-likeness (QED) is 0.540. The Morgan fingerprint density at radius 3 is 2.88 bits per heavy atom. The van der Waals surface area contributed by atoms with Gasteiger partial charge in [0.1, 0.15) is 0 Å². The van der Waals surface area contributed by atoms with Gasteiger partial charge in [0.2, 0.25) is 0 Å².